The molecule has 7 nitrogen and oxygen atoms in total. The van der Waals surface area contributed by atoms with Crippen LogP contribution >= 0.6 is 11.3 Å². The first-order valence-corrected chi connectivity index (χ1v) is 7.19. The van der Waals surface area contributed by atoms with Crippen molar-refractivity contribution in [2.45, 2.75) is 26.8 Å². The van der Waals surface area contributed by atoms with Crippen molar-refractivity contribution in [3.63, 3.8) is 0 Å². The number of nitrogens with two attached hydrogens (primary N) is 1. The molecule has 8 heteroatoms. The third kappa shape index (κ3) is 3.47. The van der Waals surface area contributed by atoms with Crippen LogP contribution in [0, 0.1) is 24.0 Å². The molecule has 0 amide bonds. The number of hydrogen-bond donors (Lipinski definition) is 3. The Morgan fingerprint density at radius 1 is 1.33 bits per heavy atom. The predicted molar refractivity (Wildman–Crippen MR) is 84.5 cm³/mol. The summed E-state index contributed by atoms with van der Waals surface area (Å²) in [7, 11) is 0. The molecule has 0 radical (unpaired) electrons. The molecule has 0 spiro atoms. The van der Waals surface area contributed by atoms with Gasteiger partial charge >= 0.3 is 0 Å². The van der Waals surface area contributed by atoms with Crippen LogP contribution in [0.2, 0.25) is 0 Å². The third-order valence-electron chi connectivity index (χ3n) is 3.08. The second-order valence-corrected chi connectivity index (χ2v) is 6.19. The summed E-state index contributed by atoms with van der Waals surface area (Å²) in [5, 5.41) is 14.1. The molecule has 0 bridgehead atoms. The number of aryl methyl sites for hydroxylation is 2. The molecule has 0 saturated heterocycles. The van der Waals surface area contributed by atoms with Gasteiger partial charge in [0.25, 0.3) is 5.69 Å². The summed E-state index contributed by atoms with van der Waals surface area (Å²) in [5.41, 5.74) is 3.43. The van der Waals surface area contributed by atoms with Gasteiger partial charge < -0.3 is 10.7 Å². The minimum absolute atomic E-state index is 0.00456. The van der Waals surface area contributed by atoms with E-state index >= 15 is 0 Å². The van der Waals surface area contributed by atoms with E-state index in [-0.39, 0.29) is 17.5 Å². The van der Waals surface area contributed by atoms with Crippen LogP contribution in [0.25, 0.3) is 0 Å². The SMILES string of the molecule is Cc1cc(C(C)Nc2cc([N+](=O)[O-])cc(NN)n2)c(C)s1. The van der Waals surface area contributed by atoms with Crippen LogP contribution in [0.3, 0.4) is 0 Å². The van der Waals surface area contributed by atoms with Gasteiger partial charge in [0.2, 0.25) is 0 Å². The van der Waals surface area contributed by atoms with Crippen LogP contribution < -0.4 is 16.6 Å². The second kappa shape index (κ2) is 6.06. The number of pyridine rings is 1. The molecule has 112 valence electrons. The summed E-state index contributed by atoms with van der Waals surface area (Å²) in [6, 6.07) is 4.79. The van der Waals surface area contributed by atoms with Crippen molar-refractivity contribution in [2.24, 2.45) is 5.84 Å². The topological polar surface area (TPSA) is 106 Å². The monoisotopic (exact) mass is 307 g/mol. The fourth-order valence-corrected chi connectivity index (χ4v) is 3.17. The molecule has 21 heavy (non-hydrogen) atoms. The zero-order valence-electron chi connectivity index (χ0n) is 12.0. The van der Waals surface area contributed by atoms with E-state index in [1.54, 1.807) is 11.3 Å². The minimum Gasteiger partial charge on any atom is -0.363 e. The first-order chi connectivity index (χ1) is 9.90. The fraction of sp³-hybridized carbons (Fsp3) is 0.308. The van der Waals surface area contributed by atoms with Gasteiger partial charge in [0, 0.05) is 9.75 Å². The van der Waals surface area contributed by atoms with E-state index in [1.165, 1.54) is 21.9 Å². The van der Waals surface area contributed by atoms with Crippen molar-refractivity contribution in [2.75, 3.05) is 10.7 Å². The molecule has 2 heterocycles. The summed E-state index contributed by atoms with van der Waals surface area (Å²) < 4.78 is 0. The van der Waals surface area contributed by atoms with Crippen molar-refractivity contribution in [3.8, 4) is 0 Å². The van der Waals surface area contributed by atoms with Gasteiger partial charge in [-0.05, 0) is 32.4 Å². The highest BCUT2D eigenvalue weighted by Crippen LogP contribution is 2.29. The maximum atomic E-state index is 10.9. The van der Waals surface area contributed by atoms with Gasteiger partial charge in [0.05, 0.1) is 23.1 Å². The van der Waals surface area contributed by atoms with Crippen LogP contribution in [-0.2, 0) is 0 Å². The molecule has 4 N–H and O–H groups in total. The number of nitro groups is 1. The second-order valence-electron chi connectivity index (χ2n) is 4.73. The normalized spacial score (nSPS) is 12.0. The van der Waals surface area contributed by atoms with Crippen LogP contribution in [0.4, 0.5) is 17.3 Å². The smallest absolute Gasteiger partial charge is 0.276 e. The molecule has 1 unspecified atom stereocenters. The largest absolute Gasteiger partial charge is 0.363 e. The first-order valence-electron chi connectivity index (χ1n) is 6.37. The van der Waals surface area contributed by atoms with Crippen molar-refractivity contribution < 1.29 is 4.92 Å². The molecular formula is C13H17N5O2S. The van der Waals surface area contributed by atoms with E-state index in [9.17, 15) is 10.1 Å². The summed E-state index contributed by atoms with van der Waals surface area (Å²) in [6.45, 7) is 6.10. The highest BCUT2D eigenvalue weighted by atomic mass is 32.1. The molecule has 0 saturated carbocycles. The Morgan fingerprint density at radius 3 is 2.52 bits per heavy atom. The molecule has 0 fully saturated rings. The highest BCUT2D eigenvalue weighted by molar-refractivity contribution is 7.12. The van der Waals surface area contributed by atoms with E-state index in [0.717, 1.165) is 5.56 Å². The average Bonchev–Trinajstić information content (AvgIpc) is 2.77. The summed E-state index contributed by atoms with van der Waals surface area (Å²) in [4.78, 5) is 17.1. The van der Waals surface area contributed by atoms with E-state index in [0.29, 0.717) is 5.82 Å². The number of thiophene rings is 1. The molecule has 2 rings (SSSR count). The Balaban J connectivity index is 2.28. The van der Waals surface area contributed by atoms with Crippen molar-refractivity contribution in [1.29, 1.82) is 0 Å². The quantitative estimate of drug-likeness (QED) is 0.445. The lowest BCUT2D eigenvalue weighted by Gasteiger charge is -2.15. The average molecular weight is 307 g/mol. The number of aromatic nitrogens is 1. The maximum Gasteiger partial charge on any atom is 0.276 e. The van der Waals surface area contributed by atoms with Gasteiger partial charge in [-0.25, -0.2) is 10.8 Å². The van der Waals surface area contributed by atoms with E-state index in [2.05, 4.69) is 35.6 Å². The van der Waals surface area contributed by atoms with Crippen LogP contribution in [0.5, 0.6) is 0 Å². The van der Waals surface area contributed by atoms with Gasteiger partial charge in [0.15, 0.2) is 0 Å². The summed E-state index contributed by atoms with van der Waals surface area (Å²) in [5.74, 6) is 5.95. The molecule has 1 atom stereocenters. The maximum absolute atomic E-state index is 10.9. The number of hydrogen-bond acceptors (Lipinski definition) is 7. The van der Waals surface area contributed by atoms with Crippen molar-refractivity contribution >= 4 is 28.7 Å². The Hall–Kier alpha value is -2.19. The van der Waals surface area contributed by atoms with Gasteiger partial charge in [-0.2, -0.15) is 0 Å². The fourth-order valence-electron chi connectivity index (χ4n) is 2.15. The number of rotatable bonds is 5. The van der Waals surface area contributed by atoms with Crippen molar-refractivity contribution in [1.82, 2.24) is 4.98 Å². The summed E-state index contributed by atoms with van der Waals surface area (Å²) in [6.07, 6.45) is 0. The molecule has 0 aliphatic carbocycles. The van der Waals surface area contributed by atoms with Gasteiger partial charge in [-0.15, -0.1) is 11.3 Å². The number of anilines is 2. The predicted octanol–water partition coefficient (Wildman–Crippen LogP) is 3.13. The van der Waals surface area contributed by atoms with Crippen molar-refractivity contribution in [3.05, 3.63) is 43.6 Å². The lowest BCUT2D eigenvalue weighted by atomic mass is 10.1. The van der Waals surface area contributed by atoms with Gasteiger partial charge in [-0.1, -0.05) is 0 Å². The van der Waals surface area contributed by atoms with E-state index < -0.39 is 4.92 Å². The molecule has 0 aromatic carbocycles. The Bertz CT molecular complexity index is 671. The zero-order chi connectivity index (χ0) is 15.6. The van der Waals surface area contributed by atoms with Crippen LogP contribution in [0.15, 0.2) is 18.2 Å². The third-order valence-corrected chi connectivity index (χ3v) is 4.06. The molecule has 2 aromatic heterocycles. The molecule has 2 aromatic rings. The minimum atomic E-state index is -0.474. The van der Waals surface area contributed by atoms with Gasteiger partial charge in [0.1, 0.15) is 11.6 Å². The lowest BCUT2D eigenvalue weighted by Crippen LogP contribution is -2.12. The van der Waals surface area contributed by atoms with E-state index in [4.69, 9.17) is 5.84 Å². The Kier molecular flexibility index (Phi) is 4.39. The molecule has 0 aliphatic rings. The first kappa shape index (κ1) is 15.2. The number of nitrogen functional groups attached to an aromatic ring is 1. The van der Waals surface area contributed by atoms with Crippen LogP contribution in [-0.4, -0.2) is 9.91 Å². The lowest BCUT2D eigenvalue weighted by molar-refractivity contribution is -0.384. The number of hydrazine groups is 1. The number of nitrogens with one attached hydrogen (secondary N) is 2. The molecule has 0 aliphatic heterocycles. The highest BCUT2D eigenvalue weighted by Gasteiger charge is 2.15. The summed E-state index contributed by atoms with van der Waals surface area (Å²) >= 11 is 1.72. The Labute approximate surface area is 126 Å². The zero-order valence-corrected chi connectivity index (χ0v) is 12.8. The van der Waals surface area contributed by atoms with E-state index in [1.807, 2.05) is 6.92 Å². The van der Waals surface area contributed by atoms with Crippen LogP contribution in [0.1, 0.15) is 28.3 Å². The number of nitrogens with zero attached hydrogens (tertiary/aromatic N) is 2. The molecular weight excluding hydrogens is 290 g/mol. The Morgan fingerprint density at radius 2 is 2.00 bits per heavy atom. The standard InChI is InChI=1S/C13H17N5O2S/c1-7-4-11(9(3)21-7)8(2)15-12-5-10(18(19)20)6-13(16-12)17-14/h4-6,8H,14H2,1-3H3,(H2,15,16,17). The van der Waals surface area contributed by atoms with Gasteiger partial charge in [-0.3, -0.25) is 10.1 Å².